The van der Waals surface area contributed by atoms with Gasteiger partial charge in [-0.3, -0.25) is 14.9 Å². The molecule has 5 heteroatoms. The Morgan fingerprint density at radius 1 is 1.04 bits per heavy atom. The average molecular weight is 403 g/mol. The van der Waals surface area contributed by atoms with Crippen LogP contribution in [0.4, 0.5) is 5.69 Å². The number of hydrogen-bond donors (Lipinski definition) is 2. The predicted molar refractivity (Wildman–Crippen MR) is 105 cm³/mol. The molecule has 2 rings (SSSR count). The summed E-state index contributed by atoms with van der Waals surface area (Å²) in [5.41, 5.74) is 2.46. The minimum absolute atomic E-state index is 0.00759. The van der Waals surface area contributed by atoms with Crippen LogP contribution in [0.2, 0.25) is 0 Å². The summed E-state index contributed by atoms with van der Waals surface area (Å²) in [7, 11) is 0. The second-order valence-electron chi connectivity index (χ2n) is 6.02. The monoisotopic (exact) mass is 402 g/mol. The number of carbonyl (C=O) groups is 2. The molecule has 0 saturated heterocycles. The van der Waals surface area contributed by atoms with Crippen molar-refractivity contribution in [1.82, 2.24) is 5.32 Å². The molecule has 4 nitrogen and oxygen atoms in total. The standard InChI is InChI=1S/C20H23BrN2O2/c1-4-19(16-5-9-17(21)10-6-16)22-13(2)20(25)23-18-11-7-15(8-12-18)14(3)24/h5-13,19,22H,4H2,1-3H3,(H,23,25)/t13-,19+/m1/s1. The molecule has 132 valence electrons. The van der Waals surface area contributed by atoms with Gasteiger partial charge in [0.2, 0.25) is 5.91 Å². The van der Waals surface area contributed by atoms with E-state index in [-0.39, 0.29) is 23.8 Å². The molecule has 0 aliphatic heterocycles. The summed E-state index contributed by atoms with van der Waals surface area (Å²) >= 11 is 3.44. The van der Waals surface area contributed by atoms with Crippen LogP contribution in [0.5, 0.6) is 0 Å². The maximum atomic E-state index is 12.4. The van der Waals surface area contributed by atoms with Crippen LogP contribution in [-0.4, -0.2) is 17.7 Å². The van der Waals surface area contributed by atoms with Crippen LogP contribution in [0, 0.1) is 0 Å². The number of nitrogens with one attached hydrogen (secondary N) is 2. The molecule has 1 amide bonds. The van der Waals surface area contributed by atoms with Gasteiger partial charge in [-0.15, -0.1) is 0 Å². The fraction of sp³-hybridized carbons (Fsp3) is 0.300. The minimum Gasteiger partial charge on any atom is -0.325 e. The van der Waals surface area contributed by atoms with Crippen molar-refractivity contribution in [3.63, 3.8) is 0 Å². The third-order valence-electron chi connectivity index (χ3n) is 4.08. The Morgan fingerprint density at radius 3 is 2.16 bits per heavy atom. The lowest BCUT2D eigenvalue weighted by molar-refractivity contribution is -0.118. The average Bonchev–Trinajstić information content (AvgIpc) is 2.60. The Morgan fingerprint density at radius 2 is 1.64 bits per heavy atom. The normalized spacial score (nSPS) is 13.1. The van der Waals surface area contributed by atoms with E-state index in [1.807, 2.05) is 19.1 Å². The van der Waals surface area contributed by atoms with E-state index in [0.717, 1.165) is 16.5 Å². The molecule has 0 aliphatic rings. The summed E-state index contributed by atoms with van der Waals surface area (Å²) in [5, 5.41) is 6.25. The third-order valence-corrected chi connectivity index (χ3v) is 4.61. The molecule has 0 spiro atoms. The zero-order valence-electron chi connectivity index (χ0n) is 14.7. The first-order chi connectivity index (χ1) is 11.9. The summed E-state index contributed by atoms with van der Waals surface area (Å²) in [6.45, 7) is 5.46. The number of rotatable bonds is 7. The van der Waals surface area contributed by atoms with Gasteiger partial charge in [0.15, 0.2) is 5.78 Å². The van der Waals surface area contributed by atoms with Crippen molar-refractivity contribution in [2.45, 2.75) is 39.3 Å². The van der Waals surface area contributed by atoms with Crippen molar-refractivity contribution in [3.8, 4) is 0 Å². The van der Waals surface area contributed by atoms with Crippen molar-refractivity contribution in [2.24, 2.45) is 0 Å². The summed E-state index contributed by atoms with van der Waals surface area (Å²) < 4.78 is 1.03. The number of benzene rings is 2. The first-order valence-electron chi connectivity index (χ1n) is 8.34. The molecule has 0 saturated carbocycles. The molecule has 0 fully saturated rings. The number of ketones is 1. The number of amides is 1. The lowest BCUT2D eigenvalue weighted by Crippen LogP contribution is -2.40. The zero-order chi connectivity index (χ0) is 18.4. The molecule has 0 aliphatic carbocycles. The molecule has 25 heavy (non-hydrogen) atoms. The molecule has 2 aromatic rings. The van der Waals surface area contributed by atoms with E-state index in [1.54, 1.807) is 24.3 Å². The zero-order valence-corrected chi connectivity index (χ0v) is 16.3. The Labute approximate surface area is 157 Å². The molecular weight excluding hydrogens is 380 g/mol. The van der Waals surface area contributed by atoms with Gasteiger partial charge < -0.3 is 5.32 Å². The van der Waals surface area contributed by atoms with Crippen LogP contribution < -0.4 is 10.6 Å². The lowest BCUT2D eigenvalue weighted by atomic mass is 10.0. The van der Waals surface area contributed by atoms with Crippen LogP contribution in [-0.2, 0) is 4.79 Å². The molecule has 0 bridgehead atoms. The lowest BCUT2D eigenvalue weighted by Gasteiger charge is -2.22. The summed E-state index contributed by atoms with van der Waals surface area (Å²) in [6, 6.07) is 14.8. The highest BCUT2D eigenvalue weighted by molar-refractivity contribution is 9.10. The SMILES string of the molecule is CC[C@H](N[C@H](C)C(=O)Nc1ccc(C(C)=O)cc1)c1ccc(Br)cc1. The van der Waals surface area contributed by atoms with E-state index in [2.05, 4.69) is 45.6 Å². The molecule has 2 aromatic carbocycles. The topological polar surface area (TPSA) is 58.2 Å². The fourth-order valence-corrected chi connectivity index (χ4v) is 2.83. The second kappa shape index (κ2) is 8.92. The third kappa shape index (κ3) is 5.51. The number of carbonyl (C=O) groups excluding carboxylic acids is 2. The van der Waals surface area contributed by atoms with Gasteiger partial charge >= 0.3 is 0 Å². The number of halogens is 1. The quantitative estimate of drug-likeness (QED) is 0.658. The first kappa shape index (κ1) is 19.3. The summed E-state index contributed by atoms with van der Waals surface area (Å²) in [4.78, 5) is 23.7. The number of hydrogen-bond acceptors (Lipinski definition) is 3. The summed E-state index contributed by atoms with van der Waals surface area (Å²) in [6.07, 6.45) is 0.882. The maximum absolute atomic E-state index is 12.4. The van der Waals surface area contributed by atoms with Crippen molar-refractivity contribution < 1.29 is 9.59 Å². The molecule has 2 atom stereocenters. The fourth-order valence-electron chi connectivity index (χ4n) is 2.56. The smallest absolute Gasteiger partial charge is 0.241 e. The Bertz CT molecular complexity index is 726. The van der Waals surface area contributed by atoms with Crippen LogP contribution in [0.3, 0.4) is 0 Å². The van der Waals surface area contributed by atoms with E-state index in [1.165, 1.54) is 6.92 Å². The first-order valence-corrected chi connectivity index (χ1v) is 9.13. The largest absolute Gasteiger partial charge is 0.325 e. The molecule has 0 unspecified atom stereocenters. The van der Waals surface area contributed by atoms with Gasteiger partial charge in [0.25, 0.3) is 0 Å². The predicted octanol–water partition coefficient (Wildman–Crippen LogP) is 4.72. The summed E-state index contributed by atoms with van der Waals surface area (Å²) in [5.74, 6) is -0.0978. The van der Waals surface area contributed by atoms with Gasteiger partial charge in [0.05, 0.1) is 6.04 Å². The van der Waals surface area contributed by atoms with Gasteiger partial charge in [0.1, 0.15) is 0 Å². The Balaban J connectivity index is 1.98. The van der Waals surface area contributed by atoms with E-state index in [0.29, 0.717) is 11.3 Å². The highest BCUT2D eigenvalue weighted by Gasteiger charge is 2.18. The highest BCUT2D eigenvalue weighted by Crippen LogP contribution is 2.20. The molecule has 0 aromatic heterocycles. The molecule has 2 N–H and O–H groups in total. The minimum atomic E-state index is -0.346. The van der Waals surface area contributed by atoms with Crippen molar-refractivity contribution in [1.29, 1.82) is 0 Å². The van der Waals surface area contributed by atoms with Gasteiger partial charge in [-0.1, -0.05) is 35.0 Å². The van der Waals surface area contributed by atoms with E-state index in [4.69, 9.17) is 0 Å². The van der Waals surface area contributed by atoms with Gasteiger partial charge in [0, 0.05) is 21.8 Å². The Kier molecular flexibility index (Phi) is 6.91. The second-order valence-corrected chi connectivity index (χ2v) is 6.94. The highest BCUT2D eigenvalue weighted by atomic mass is 79.9. The van der Waals surface area contributed by atoms with Crippen LogP contribution in [0.1, 0.15) is 49.2 Å². The number of Topliss-reactive ketones (excluding diaryl/α,β-unsaturated/α-hetero) is 1. The number of anilines is 1. The molecule has 0 radical (unpaired) electrons. The van der Waals surface area contributed by atoms with E-state index < -0.39 is 0 Å². The van der Waals surface area contributed by atoms with Crippen molar-refractivity contribution >= 4 is 33.3 Å². The van der Waals surface area contributed by atoms with E-state index in [9.17, 15) is 9.59 Å². The molecule has 0 heterocycles. The van der Waals surface area contributed by atoms with Crippen LogP contribution >= 0.6 is 15.9 Å². The van der Waals surface area contributed by atoms with Crippen LogP contribution in [0.15, 0.2) is 53.0 Å². The van der Waals surface area contributed by atoms with Gasteiger partial charge in [-0.05, 0) is 62.2 Å². The van der Waals surface area contributed by atoms with E-state index >= 15 is 0 Å². The Hall–Kier alpha value is -1.98. The maximum Gasteiger partial charge on any atom is 0.241 e. The van der Waals surface area contributed by atoms with Crippen LogP contribution in [0.25, 0.3) is 0 Å². The molecular formula is C20H23BrN2O2. The van der Waals surface area contributed by atoms with Crippen molar-refractivity contribution in [3.05, 3.63) is 64.1 Å². The van der Waals surface area contributed by atoms with Crippen molar-refractivity contribution in [2.75, 3.05) is 5.32 Å². The van der Waals surface area contributed by atoms with Gasteiger partial charge in [-0.25, -0.2) is 0 Å². The van der Waals surface area contributed by atoms with Gasteiger partial charge in [-0.2, -0.15) is 0 Å².